The van der Waals surface area contributed by atoms with Crippen LogP contribution in [0.3, 0.4) is 0 Å². The Hall–Kier alpha value is -2.93. The Labute approximate surface area is 158 Å². The Morgan fingerprint density at radius 2 is 2.04 bits per heavy atom. The molecule has 1 aliphatic heterocycles. The van der Waals surface area contributed by atoms with Gasteiger partial charge in [0.1, 0.15) is 0 Å². The Balaban J connectivity index is 1.69. The Kier molecular flexibility index (Phi) is 5.71. The molecule has 2 heterocycles. The number of benzene rings is 1. The second-order valence-electron chi connectivity index (χ2n) is 6.81. The maximum absolute atomic E-state index is 12.5. The number of nitrogens with zero attached hydrogens (tertiary/aromatic N) is 2. The molecule has 1 fully saturated rings. The summed E-state index contributed by atoms with van der Waals surface area (Å²) in [7, 11) is 3.55. The standard InChI is InChI=1S/C20H24N4O3/c1-13-4-5-14(19(25)22-16-6-7-18(27-3)21-11-16)10-17(13)23-20(26)15-8-9-24(2)12-15/h4-7,10-11,15H,8-9,12H2,1-3H3,(H,22,25)(H,23,26). The number of aryl methyl sites for hydroxylation is 1. The SMILES string of the molecule is COc1ccc(NC(=O)c2ccc(C)c(NC(=O)C3CCN(C)C3)c2)cn1. The summed E-state index contributed by atoms with van der Waals surface area (Å²) in [6, 6.07) is 8.67. The third-order valence-electron chi connectivity index (χ3n) is 4.72. The van der Waals surface area contributed by atoms with Crippen molar-refractivity contribution in [1.82, 2.24) is 9.88 Å². The molecule has 0 spiro atoms. The van der Waals surface area contributed by atoms with Gasteiger partial charge in [-0.1, -0.05) is 6.07 Å². The smallest absolute Gasteiger partial charge is 0.255 e. The van der Waals surface area contributed by atoms with Gasteiger partial charge in [0.25, 0.3) is 5.91 Å². The number of methoxy groups -OCH3 is 1. The van der Waals surface area contributed by atoms with Gasteiger partial charge in [0.05, 0.1) is 24.9 Å². The molecule has 142 valence electrons. The number of aromatic nitrogens is 1. The van der Waals surface area contributed by atoms with E-state index in [1.54, 1.807) is 24.3 Å². The van der Waals surface area contributed by atoms with Crippen LogP contribution in [0.25, 0.3) is 0 Å². The molecule has 0 radical (unpaired) electrons. The zero-order chi connectivity index (χ0) is 19.4. The highest BCUT2D eigenvalue weighted by molar-refractivity contribution is 6.05. The predicted molar refractivity (Wildman–Crippen MR) is 104 cm³/mol. The fraction of sp³-hybridized carbons (Fsp3) is 0.350. The van der Waals surface area contributed by atoms with Crippen molar-refractivity contribution in [3.63, 3.8) is 0 Å². The Morgan fingerprint density at radius 1 is 1.22 bits per heavy atom. The summed E-state index contributed by atoms with van der Waals surface area (Å²) in [5, 5.41) is 5.77. The molecule has 1 aromatic heterocycles. The molecule has 0 saturated carbocycles. The van der Waals surface area contributed by atoms with Crippen LogP contribution in [-0.4, -0.2) is 48.9 Å². The van der Waals surface area contributed by atoms with Crippen molar-refractivity contribution in [2.75, 3.05) is 37.9 Å². The lowest BCUT2D eigenvalue weighted by Crippen LogP contribution is -2.26. The molecule has 1 aliphatic rings. The first-order valence-electron chi connectivity index (χ1n) is 8.87. The number of hydrogen-bond donors (Lipinski definition) is 2. The normalized spacial score (nSPS) is 16.8. The molecule has 1 unspecified atom stereocenters. The minimum atomic E-state index is -0.266. The summed E-state index contributed by atoms with van der Waals surface area (Å²) in [5.41, 5.74) is 2.61. The molecule has 1 saturated heterocycles. The summed E-state index contributed by atoms with van der Waals surface area (Å²) < 4.78 is 5.01. The number of anilines is 2. The van der Waals surface area contributed by atoms with E-state index in [0.29, 0.717) is 22.8 Å². The van der Waals surface area contributed by atoms with E-state index in [-0.39, 0.29) is 17.7 Å². The fourth-order valence-corrected chi connectivity index (χ4v) is 3.06. The zero-order valence-electron chi connectivity index (χ0n) is 15.8. The molecule has 27 heavy (non-hydrogen) atoms. The molecule has 3 rings (SSSR count). The van der Waals surface area contributed by atoms with Crippen LogP contribution >= 0.6 is 0 Å². The van der Waals surface area contributed by atoms with E-state index in [1.165, 1.54) is 13.3 Å². The number of nitrogens with one attached hydrogen (secondary N) is 2. The second kappa shape index (κ2) is 8.18. The third kappa shape index (κ3) is 4.62. The minimum Gasteiger partial charge on any atom is -0.481 e. The van der Waals surface area contributed by atoms with E-state index in [4.69, 9.17) is 4.74 Å². The topological polar surface area (TPSA) is 83.6 Å². The van der Waals surface area contributed by atoms with E-state index in [2.05, 4.69) is 20.5 Å². The summed E-state index contributed by atoms with van der Waals surface area (Å²) in [6.07, 6.45) is 2.39. The maximum atomic E-state index is 12.5. The van der Waals surface area contributed by atoms with Gasteiger partial charge in [-0.05, 0) is 50.7 Å². The molecular weight excluding hydrogens is 344 g/mol. The van der Waals surface area contributed by atoms with Gasteiger partial charge in [-0.2, -0.15) is 0 Å². The molecule has 2 aromatic rings. The number of rotatable bonds is 5. The van der Waals surface area contributed by atoms with E-state index < -0.39 is 0 Å². The van der Waals surface area contributed by atoms with Crippen LogP contribution in [0.2, 0.25) is 0 Å². The first-order chi connectivity index (χ1) is 13.0. The molecule has 1 aromatic carbocycles. The van der Waals surface area contributed by atoms with Crippen molar-refractivity contribution in [3.8, 4) is 5.88 Å². The Bertz CT molecular complexity index is 836. The lowest BCUT2D eigenvalue weighted by Gasteiger charge is -2.14. The van der Waals surface area contributed by atoms with Crippen LogP contribution in [-0.2, 0) is 4.79 Å². The predicted octanol–water partition coefficient (Wildman–Crippen LogP) is 2.54. The van der Waals surface area contributed by atoms with E-state index in [9.17, 15) is 9.59 Å². The highest BCUT2D eigenvalue weighted by atomic mass is 16.5. The van der Waals surface area contributed by atoms with E-state index >= 15 is 0 Å². The largest absolute Gasteiger partial charge is 0.481 e. The first-order valence-corrected chi connectivity index (χ1v) is 8.87. The molecule has 1 atom stereocenters. The fourth-order valence-electron chi connectivity index (χ4n) is 3.06. The monoisotopic (exact) mass is 368 g/mol. The van der Waals surface area contributed by atoms with Crippen molar-refractivity contribution >= 4 is 23.2 Å². The molecule has 2 amide bonds. The second-order valence-corrected chi connectivity index (χ2v) is 6.81. The van der Waals surface area contributed by atoms with Crippen molar-refractivity contribution < 1.29 is 14.3 Å². The summed E-state index contributed by atoms with van der Waals surface area (Å²) in [5.74, 6) is 0.195. The highest BCUT2D eigenvalue weighted by Gasteiger charge is 2.26. The highest BCUT2D eigenvalue weighted by Crippen LogP contribution is 2.22. The van der Waals surface area contributed by atoms with Crippen LogP contribution in [0.1, 0.15) is 22.3 Å². The van der Waals surface area contributed by atoms with Gasteiger partial charge in [0, 0.05) is 23.9 Å². The van der Waals surface area contributed by atoms with Gasteiger partial charge in [-0.15, -0.1) is 0 Å². The Morgan fingerprint density at radius 3 is 2.67 bits per heavy atom. The molecule has 2 N–H and O–H groups in total. The number of hydrogen-bond acceptors (Lipinski definition) is 5. The molecule has 0 bridgehead atoms. The lowest BCUT2D eigenvalue weighted by molar-refractivity contribution is -0.119. The number of likely N-dealkylation sites (tertiary alicyclic amines) is 1. The van der Waals surface area contributed by atoms with Crippen LogP contribution in [0.15, 0.2) is 36.5 Å². The van der Waals surface area contributed by atoms with Gasteiger partial charge in [-0.25, -0.2) is 4.98 Å². The average Bonchev–Trinajstić information content (AvgIpc) is 3.10. The zero-order valence-corrected chi connectivity index (χ0v) is 15.8. The number of carbonyl (C=O) groups excluding carboxylic acids is 2. The van der Waals surface area contributed by atoms with Crippen molar-refractivity contribution in [2.24, 2.45) is 5.92 Å². The average molecular weight is 368 g/mol. The summed E-state index contributed by atoms with van der Waals surface area (Å²) in [4.78, 5) is 31.2. The number of ether oxygens (including phenoxy) is 1. The van der Waals surface area contributed by atoms with Crippen LogP contribution in [0.5, 0.6) is 5.88 Å². The van der Waals surface area contributed by atoms with Gasteiger partial charge in [0.2, 0.25) is 11.8 Å². The van der Waals surface area contributed by atoms with E-state index in [0.717, 1.165) is 25.1 Å². The van der Waals surface area contributed by atoms with E-state index in [1.807, 2.05) is 20.0 Å². The summed E-state index contributed by atoms with van der Waals surface area (Å²) in [6.45, 7) is 3.59. The van der Waals surface area contributed by atoms with Crippen LogP contribution in [0, 0.1) is 12.8 Å². The lowest BCUT2D eigenvalue weighted by atomic mass is 10.1. The van der Waals surface area contributed by atoms with Gasteiger partial charge in [0.15, 0.2) is 0 Å². The third-order valence-corrected chi connectivity index (χ3v) is 4.72. The molecular formula is C20H24N4O3. The van der Waals surface area contributed by atoms with Crippen molar-refractivity contribution in [2.45, 2.75) is 13.3 Å². The quantitative estimate of drug-likeness (QED) is 0.847. The minimum absolute atomic E-state index is 0.000590. The van der Waals surface area contributed by atoms with Gasteiger partial charge >= 0.3 is 0 Å². The molecule has 7 nitrogen and oxygen atoms in total. The number of amides is 2. The number of carbonyl (C=O) groups is 2. The van der Waals surface area contributed by atoms with Gasteiger partial charge < -0.3 is 20.3 Å². The summed E-state index contributed by atoms with van der Waals surface area (Å²) >= 11 is 0. The first kappa shape index (κ1) is 18.8. The van der Waals surface area contributed by atoms with Crippen molar-refractivity contribution in [3.05, 3.63) is 47.7 Å². The van der Waals surface area contributed by atoms with Gasteiger partial charge in [-0.3, -0.25) is 9.59 Å². The molecule has 0 aliphatic carbocycles. The van der Waals surface area contributed by atoms with Crippen LogP contribution in [0.4, 0.5) is 11.4 Å². The molecule has 7 heteroatoms. The maximum Gasteiger partial charge on any atom is 0.255 e. The number of pyridine rings is 1. The van der Waals surface area contributed by atoms with Crippen LogP contribution < -0.4 is 15.4 Å². The van der Waals surface area contributed by atoms with Crippen molar-refractivity contribution in [1.29, 1.82) is 0 Å².